The van der Waals surface area contributed by atoms with Gasteiger partial charge in [-0.15, -0.1) is 0 Å². The van der Waals surface area contributed by atoms with E-state index in [-0.39, 0.29) is 6.03 Å². The summed E-state index contributed by atoms with van der Waals surface area (Å²) < 4.78 is 5.45. The van der Waals surface area contributed by atoms with E-state index < -0.39 is 0 Å². The lowest BCUT2D eigenvalue weighted by atomic mass is 10.3. The Morgan fingerprint density at radius 2 is 2.11 bits per heavy atom. The van der Waals surface area contributed by atoms with Crippen molar-refractivity contribution in [1.82, 2.24) is 10.2 Å². The first-order valence-electron chi connectivity index (χ1n) is 7.03. The van der Waals surface area contributed by atoms with Crippen molar-refractivity contribution in [3.63, 3.8) is 0 Å². The zero-order valence-corrected chi connectivity index (χ0v) is 12.3. The number of nitrogens with one attached hydrogen (secondary N) is 1. The van der Waals surface area contributed by atoms with Crippen molar-refractivity contribution < 1.29 is 9.53 Å². The predicted molar refractivity (Wildman–Crippen MR) is 77.3 cm³/mol. The van der Waals surface area contributed by atoms with Crippen LogP contribution in [0.15, 0.2) is 0 Å². The van der Waals surface area contributed by atoms with E-state index >= 15 is 0 Å². The second-order valence-corrected chi connectivity index (χ2v) is 5.73. The Labute approximate surface area is 115 Å². The number of hydrogen-bond donors (Lipinski definition) is 1. The van der Waals surface area contributed by atoms with Crippen molar-refractivity contribution in [2.24, 2.45) is 0 Å². The highest BCUT2D eigenvalue weighted by molar-refractivity contribution is 7.99. The van der Waals surface area contributed by atoms with E-state index in [0.717, 1.165) is 51.3 Å². The van der Waals surface area contributed by atoms with Gasteiger partial charge in [-0.2, -0.15) is 11.8 Å². The lowest BCUT2D eigenvalue weighted by molar-refractivity contribution is 0.128. The summed E-state index contributed by atoms with van der Waals surface area (Å²) >= 11 is 1.93. The maximum atomic E-state index is 11.9. The first-order valence-corrected chi connectivity index (χ1v) is 8.18. The second-order valence-electron chi connectivity index (χ2n) is 4.50. The van der Waals surface area contributed by atoms with E-state index in [1.54, 1.807) is 0 Å². The smallest absolute Gasteiger partial charge is 0.317 e. The second kappa shape index (κ2) is 10.5. The van der Waals surface area contributed by atoms with E-state index in [2.05, 4.69) is 12.2 Å². The van der Waals surface area contributed by atoms with Crippen molar-refractivity contribution in [2.45, 2.75) is 32.6 Å². The Morgan fingerprint density at radius 1 is 1.28 bits per heavy atom. The highest BCUT2D eigenvalue weighted by Crippen LogP contribution is 2.09. The molecule has 1 N–H and O–H groups in total. The van der Waals surface area contributed by atoms with Crippen molar-refractivity contribution in [3.05, 3.63) is 0 Å². The predicted octanol–water partition coefficient (Wildman–Crippen LogP) is 2.34. The zero-order chi connectivity index (χ0) is 13.1. The average molecular weight is 274 g/mol. The van der Waals surface area contributed by atoms with Gasteiger partial charge in [0.2, 0.25) is 0 Å². The molecule has 0 aromatic heterocycles. The van der Waals surface area contributed by atoms with Crippen LogP contribution in [0.3, 0.4) is 0 Å². The average Bonchev–Trinajstić information content (AvgIpc) is 2.66. The Balaban J connectivity index is 1.98. The van der Waals surface area contributed by atoms with Crippen molar-refractivity contribution in [2.75, 3.05) is 44.4 Å². The zero-order valence-electron chi connectivity index (χ0n) is 11.5. The number of amides is 2. The van der Waals surface area contributed by atoms with Gasteiger partial charge in [0.15, 0.2) is 0 Å². The lowest BCUT2D eigenvalue weighted by Crippen LogP contribution is -2.41. The summed E-state index contributed by atoms with van der Waals surface area (Å²) in [6.45, 7) is 6.23. The van der Waals surface area contributed by atoms with E-state index in [0.29, 0.717) is 6.54 Å². The molecular formula is C13H26N2O2S. The molecule has 1 aliphatic rings. The fourth-order valence-electron chi connectivity index (χ4n) is 1.78. The molecular weight excluding hydrogens is 248 g/mol. The third-order valence-corrected chi connectivity index (χ3v) is 3.94. The van der Waals surface area contributed by atoms with Crippen LogP contribution in [0.25, 0.3) is 0 Å². The first-order chi connectivity index (χ1) is 8.84. The van der Waals surface area contributed by atoms with Gasteiger partial charge in [0, 0.05) is 38.6 Å². The first kappa shape index (κ1) is 15.6. The maximum absolute atomic E-state index is 11.9. The molecule has 1 fully saturated rings. The number of nitrogens with zero attached hydrogens (tertiary/aromatic N) is 1. The van der Waals surface area contributed by atoms with E-state index in [1.807, 2.05) is 16.7 Å². The molecule has 0 atom stereocenters. The minimum absolute atomic E-state index is 0.0889. The van der Waals surface area contributed by atoms with Crippen LogP contribution in [0.2, 0.25) is 0 Å². The Kier molecular flexibility index (Phi) is 9.12. The fraction of sp³-hybridized carbons (Fsp3) is 0.923. The molecule has 0 aromatic rings. The monoisotopic (exact) mass is 274 g/mol. The Morgan fingerprint density at radius 3 is 2.94 bits per heavy atom. The van der Waals surface area contributed by atoms with Crippen LogP contribution in [0, 0.1) is 0 Å². The van der Waals surface area contributed by atoms with Gasteiger partial charge in [-0.3, -0.25) is 0 Å². The number of carbonyl (C=O) groups excluding carboxylic acids is 1. The summed E-state index contributed by atoms with van der Waals surface area (Å²) in [7, 11) is 0. The molecule has 4 nitrogen and oxygen atoms in total. The summed E-state index contributed by atoms with van der Waals surface area (Å²) in [6, 6.07) is 0.0889. The maximum Gasteiger partial charge on any atom is 0.317 e. The van der Waals surface area contributed by atoms with Gasteiger partial charge >= 0.3 is 6.03 Å². The van der Waals surface area contributed by atoms with Crippen LogP contribution < -0.4 is 5.32 Å². The molecule has 1 rings (SSSR count). The summed E-state index contributed by atoms with van der Waals surface area (Å²) in [5.74, 6) is 2.24. The Hall–Kier alpha value is -0.420. The molecule has 0 radical (unpaired) electrons. The number of hydrogen-bond acceptors (Lipinski definition) is 3. The molecule has 0 unspecified atom stereocenters. The van der Waals surface area contributed by atoms with E-state index in [1.165, 1.54) is 12.2 Å². The molecule has 0 bridgehead atoms. The largest absolute Gasteiger partial charge is 0.381 e. The molecule has 1 saturated heterocycles. The van der Waals surface area contributed by atoms with Crippen LogP contribution in [-0.4, -0.2) is 55.3 Å². The van der Waals surface area contributed by atoms with Gasteiger partial charge in [-0.25, -0.2) is 4.79 Å². The molecule has 0 aliphatic carbocycles. The summed E-state index contributed by atoms with van der Waals surface area (Å²) in [5, 5.41) is 2.97. The molecule has 0 saturated carbocycles. The van der Waals surface area contributed by atoms with Crippen LogP contribution in [-0.2, 0) is 4.74 Å². The minimum atomic E-state index is 0.0889. The molecule has 1 heterocycles. The molecule has 1 aliphatic heterocycles. The highest BCUT2D eigenvalue weighted by atomic mass is 32.2. The number of rotatable bonds is 7. The Bertz CT molecular complexity index is 219. The van der Waals surface area contributed by atoms with Crippen LogP contribution in [0.1, 0.15) is 32.6 Å². The topological polar surface area (TPSA) is 41.6 Å². The minimum Gasteiger partial charge on any atom is -0.381 e. The summed E-state index contributed by atoms with van der Waals surface area (Å²) in [5.41, 5.74) is 0. The molecule has 106 valence electrons. The van der Waals surface area contributed by atoms with Crippen molar-refractivity contribution in [3.8, 4) is 0 Å². The fourth-order valence-corrected chi connectivity index (χ4v) is 2.67. The standard InChI is InChI=1S/C13H26N2O2S/c1-2-3-9-17-10-4-6-14-13(16)15-7-5-11-18-12-8-15/h2-12H2,1H3,(H,14,16). The molecule has 0 aromatic carbocycles. The highest BCUT2D eigenvalue weighted by Gasteiger charge is 2.14. The van der Waals surface area contributed by atoms with E-state index in [9.17, 15) is 4.79 Å². The third-order valence-electron chi connectivity index (χ3n) is 2.89. The summed E-state index contributed by atoms with van der Waals surface area (Å²) in [4.78, 5) is 13.8. The van der Waals surface area contributed by atoms with Crippen molar-refractivity contribution >= 4 is 17.8 Å². The van der Waals surface area contributed by atoms with Crippen LogP contribution in [0.5, 0.6) is 0 Å². The van der Waals surface area contributed by atoms with Gasteiger partial charge in [-0.1, -0.05) is 13.3 Å². The molecule has 18 heavy (non-hydrogen) atoms. The SMILES string of the molecule is CCCCOCCCNC(=O)N1CCCSCC1. The third kappa shape index (κ3) is 7.11. The summed E-state index contributed by atoms with van der Waals surface area (Å²) in [6.07, 6.45) is 4.30. The molecule has 5 heteroatoms. The molecule has 0 spiro atoms. The van der Waals surface area contributed by atoms with Crippen LogP contribution >= 0.6 is 11.8 Å². The number of thioether (sulfide) groups is 1. The van der Waals surface area contributed by atoms with Gasteiger partial charge in [-0.05, 0) is 25.0 Å². The van der Waals surface area contributed by atoms with Gasteiger partial charge in [0.25, 0.3) is 0 Å². The normalized spacial score (nSPS) is 16.4. The van der Waals surface area contributed by atoms with Gasteiger partial charge < -0.3 is 15.0 Å². The van der Waals surface area contributed by atoms with Gasteiger partial charge in [0.05, 0.1) is 0 Å². The lowest BCUT2D eigenvalue weighted by Gasteiger charge is -2.20. The number of ether oxygens (including phenoxy) is 1. The number of unbranched alkanes of at least 4 members (excludes halogenated alkanes) is 1. The van der Waals surface area contributed by atoms with Crippen LogP contribution in [0.4, 0.5) is 4.79 Å². The number of urea groups is 1. The van der Waals surface area contributed by atoms with Crippen molar-refractivity contribution in [1.29, 1.82) is 0 Å². The quantitative estimate of drug-likeness (QED) is 0.725. The molecule has 2 amide bonds. The van der Waals surface area contributed by atoms with Gasteiger partial charge in [0.1, 0.15) is 0 Å². The number of carbonyl (C=O) groups is 1. The van der Waals surface area contributed by atoms with E-state index in [4.69, 9.17) is 4.74 Å².